The van der Waals surface area contributed by atoms with E-state index in [1.54, 1.807) is 0 Å². The Morgan fingerprint density at radius 1 is 0.557 bits per heavy atom. The Labute approximate surface area is 372 Å². The van der Waals surface area contributed by atoms with Crippen molar-refractivity contribution in [2.45, 2.75) is 274 Å². The fraction of sp³-hybridized carbons (Fsp3) is 0.900. The Hall–Kier alpha value is -1.41. The molecule has 360 valence electrons. The molecule has 1 heterocycles. The number of hydrogen-bond acceptors (Lipinski definition) is 10. The molecule has 1 aliphatic rings. The monoisotopic (exact) mass is 870 g/mol. The van der Waals surface area contributed by atoms with Crippen LogP contribution in [0.5, 0.6) is 0 Å². The molecular weight excluding hydrogens is 775 g/mol. The Bertz CT molecular complexity index is 1040. The normalized spacial score (nSPS) is 21.6. The molecule has 1 amide bonds. The van der Waals surface area contributed by atoms with E-state index in [1.807, 2.05) is 0 Å². The van der Waals surface area contributed by atoms with Gasteiger partial charge in [-0.25, -0.2) is 0 Å². The summed E-state index contributed by atoms with van der Waals surface area (Å²) in [4.78, 5) is 13.0. The zero-order chi connectivity index (χ0) is 44.8. The van der Waals surface area contributed by atoms with Gasteiger partial charge in [-0.3, -0.25) is 4.79 Å². The predicted octanol–water partition coefficient (Wildman–Crippen LogP) is 9.01. The van der Waals surface area contributed by atoms with Gasteiger partial charge in [-0.2, -0.15) is 0 Å². The van der Waals surface area contributed by atoms with Gasteiger partial charge in [-0.15, -0.1) is 0 Å². The summed E-state index contributed by atoms with van der Waals surface area (Å²) in [7, 11) is 0. The summed E-state index contributed by atoms with van der Waals surface area (Å²) in [6.07, 6.45) is 34.0. The molecule has 0 aromatic rings. The summed E-state index contributed by atoms with van der Waals surface area (Å²) >= 11 is 0. The first-order valence-electron chi connectivity index (χ1n) is 25.2. The molecule has 9 atom stereocenters. The standard InChI is InChI=1S/C50H95NO10/c1-3-5-7-9-11-13-14-15-16-17-18-19-20-21-22-23-24-25-26-27-28-30-31-33-35-37-42(53)45(55)41(40-60-50-48(58)47(57)46(56)44(39-52)61-50)51-49(59)43(54)38-36-34-32-29-12-10-8-6-4-2/h25-26,30-31,41-48,50,52-58H,3-24,27-29,32-40H2,1-2H3,(H,51,59)/b26-25+,31-30+. The van der Waals surface area contributed by atoms with E-state index in [4.69, 9.17) is 9.47 Å². The highest BCUT2D eigenvalue weighted by Gasteiger charge is 2.44. The number of aliphatic hydroxyl groups excluding tert-OH is 7. The molecule has 1 aliphatic heterocycles. The zero-order valence-corrected chi connectivity index (χ0v) is 38.9. The molecule has 0 radical (unpaired) electrons. The van der Waals surface area contributed by atoms with E-state index in [2.05, 4.69) is 43.5 Å². The first kappa shape index (κ1) is 57.6. The minimum Gasteiger partial charge on any atom is -0.394 e. The van der Waals surface area contributed by atoms with Gasteiger partial charge in [-0.05, 0) is 51.4 Å². The molecule has 0 aromatic heterocycles. The van der Waals surface area contributed by atoms with E-state index < -0.39 is 74.2 Å². The average molecular weight is 870 g/mol. The lowest BCUT2D eigenvalue weighted by Crippen LogP contribution is -2.60. The second-order valence-electron chi connectivity index (χ2n) is 17.9. The summed E-state index contributed by atoms with van der Waals surface area (Å²) in [6, 6.07) is -1.19. The average Bonchev–Trinajstić information content (AvgIpc) is 3.26. The minimum atomic E-state index is -1.67. The van der Waals surface area contributed by atoms with Gasteiger partial charge >= 0.3 is 0 Å². The van der Waals surface area contributed by atoms with Crippen LogP contribution in [0.1, 0.15) is 219 Å². The van der Waals surface area contributed by atoms with Crippen LogP contribution >= 0.6 is 0 Å². The second kappa shape index (κ2) is 40.1. The topological polar surface area (TPSA) is 189 Å². The Kier molecular flexibility index (Phi) is 37.9. The van der Waals surface area contributed by atoms with Crippen LogP contribution < -0.4 is 5.32 Å². The zero-order valence-electron chi connectivity index (χ0n) is 38.9. The van der Waals surface area contributed by atoms with Crippen LogP contribution in [0.2, 0.25) is 0 Å². The Morgan fingerprint density at radius 2 is 0.984 bits per heavy atom. The van der Waals surface area contributed by atoms with Crippen LogP contribution in [0.4, 0.5) is 0 Å². The van der Waals surface area contributed by atoms with Crippen LogP contribution in [-0.4, -0.2) is 110 Å². The van der Waals surface area contributed by atoms with Gasteiger partial charge in [-0.1, -0.05) is 192 Å². The number of carbonyl (C=O) groups is 1. The highest BCUT2D eigenvalue weighted by molar-refractivity contribution is 5.80. The maximum atomic E-state index is 13.0. The van der Waals surface area contributed by atoms with Crippen molar-refractivity contribution < 1.29 is 50.0 Å². The van der Waals surface area contributed by atoms with Gasteiger partial charge in [0.25, 0.3) is 0 Å². The van der Waals surface area contributed by atoms with Crippen LogP contribution in [0.3, 0.4) is 0 Å². The number of nitrogens with one attached hydrogen (secondary N) is 1. The molecule has 0 spiro atoms. The van der Waals surface area contributed by atoms with Gasteiger partial charge in [0.2, 0.25) is 5.91 Å². The third kappa shape index (κ3) is 29.6. The predicted molar refractivity (Wildman–Crippen MR) is 247 cm³/mol. The van der Waals surface area contributed by atoms with Crippen LogP contribution in [0, 0.1) is 0 Å². The number of rotatable bonds is 42. The van der Waals surface area contributed by atoms with Crippen molar-refractivity contribution in [2.24, 2.45) is 0 Å². The fourth-order valence-corrected chi connectivity index (χ4v) is 8.05. The highest BCUT2D eigenvalue weighted by atomic mass is 16.7. The molecular formula is C50H95NO10. The molecule has 0 saturated carbocycles. The number of allylic oxidation sites excluding steroid dienone is 4. The first-order valence-corrected chi connectivity index (χ1v) is 25.2. The molecule has 11 nitrogen and oxygen atoms in total. The molecule has 1 saturated heterocycles. The smallest absolute Gasteiger partial charge is 0.249 e. The molecule has 61 heavy (non-hydrogen) atoms. The molecule has 11 heteroatoms. The van der Waals surface area contributed by atoms with Gasteiger partial charge in [0.1, 0.15) is 36.6 Å². The van der Waals surface area contributed by atoms with Crippen molar-refractivity contribution in [2.75, 3.05) is 13.2 Å². The van der Waals surface area contributed by atoms with E-state index in [0.717, 1.165) is 38.5 Å². The largest absolute Gasteiger partial charge is 0.394 e. The SMILES string of the molecule is CCCCCCCCCCCCCCCCCC/C=C/CC/C=C/CCCC(O)C(O)C(COC1OC(CO)C(O)C(O)C1O)NC(=O)C(O)CCCCCCCCCCC. The third-order valence-corrected chi connectivity index (χ3v) is 12.2. The number of carbonyl (C=O) groups excluding carboxylic acids is 1. The number of unbranched alkanes of at least 4 members (excludes halogenated alkanes) is 26. The summed E-state index contributed by atoms with van der Waals surface area (Å²) in [5.41, 5.74) is 0. The maximum Gasteiger partial charge on any atom is 0.249 e. The van der Waals surface area contributed by atoms with Crippen molar-refractivity contribution in [3.63, 3.8) is 0 Å². The lowest BCUT2D eigenvalue weighted by atomic mass is 9.98. The fourth-order valence-electron chi connectivity index (χ4n) is 8.05. The molecule has 0 aromatic carbocycles. The summed E-state index contributed by atoms with van der Waals surface area (Å²) in [6.45, 7) is 3.40. The lowest BCUT2D eigenvalue weighted by Gasteiger charge is -2.40. The van der Waals surface area contributed by atoms with Crippen molar-refractivity contribution in [1.82, 2.24) is 5.32 Å². The summed E-state index contributed by atoms with van der Waals surface area (Å²) in [5, 5.41) is 75.5. The van der Waals surface area contributed by atoms with E-state index >= 15 is 0 Å². The van der Waals surface area contributed by atoms with Gasteiger partial charge in [0.05, 0.1) is 25.4 Å². The summed E-state index contributed by atoms with van der Waals surface area (Å²) in [5.74, 6) is -0.713. The lowest BCUT2D eigenvalue weighted by molar-refractivity contribution is -0.303. The van der Waals surface area contributed by atoms with Crippen molar-refractivity contribution in [3.05, 3.63) is 24.3 Å². The molecule has 0 bridgehead atoms. The summed E-state index contributed by atoms with van der Waals surface area (Å²) < 4.78 is 11.1. The number of hydrogen-bond donors (Lipinski definition) is 8. The Balaban J connectivity index is 2.35. The van der Waals surface area contributed by atoms with E-state index in [0.29, 0.717) is 19.3 Å². The number of aliphatic hydroxyl groups is 7. The van der Waals surface area contributed by atoms with E-state index in [9.17, 15) is 40.5 Å². The minimum absolute atomic E-state index is 0.248. The van der Waals surface area contributed by atoms with E-state index in [-0.39, 0.29) is 12.8 Å². The van der Waals surface area contributed by atoms with Gasteiger partial charge < -0.3 is 50.5 Å². The molecule has 1 fully saturated rings. The van der Waals surface area contributed by atoms with Crippen LogP contribution in [0.25, 0.3) is 0 Å². The van der Waals surface area contributed by atoms with Crippen molar-refractivity contribution >= 4 is 5.91 Å². The molecule has 8 N–H and O–H groups in total. The Morgan fingerprint density at radius 3 is 1.46 bits per heavy atom. The van der Waals surface area contributed by atoms with Crippen LogP contribution in [0.15, 0.2) is 24.3 Å². The third-order valence-electron chi connectivity index (χ3n) is 12.2. The molecule has 9 unspecified atom stereocenters. The van der Waals surface area contributed by atoms with Crippen LogP contribution in [-0.2, 0) is 14.3 Å². The van der Waals surface area contributed by atoms with Crippen molar-refractivity contribution in [3.8, 4) is 0 Å². The maximum absolute atomic E-state index is 13.0. The second-order valence-corrected chi connectivity index (χ2v) is 17.9. The number of ether oxygens (including phenoxy) is 2. The van der Waals surface area contributed by atoms with E-state index in [1.165, 1.54) is 135 Å². The van der Waals surface area contributed by atoms with Gasteiger partial charge in [0, 0.05) is 0 Å². The quantitative estimate of drug-likeness (QED) is 0.0217. The van der Waals surface area contributed by atoms with Crippen molar-refractivity contribution in [1.29, 1.82) is 0 Å². The number of amides is 1. The highest BCUT2D eigenvalue weighted by Crippen LogP contribution is 2.23. The first-order chi connectivity index (χ1) is 29.7. The van der Waals surface area contributed by atoms with Gasteiger partial charge in [0.15, 0.2) is 6.29 Å². The molecule has 1 rings (SSSR count). The molecule has 0 aliphatic carbocycles.